The lowest BCUT2D eigenvalue weighted by atomic mass is 10.2. The minimum absolute atomic E-state index is 0.0258. The second-order valence-electron chi connectivity index (χ2n) is 4.71. The molecule has 1 aromatic carbocycles. The molecule has 0 amide bonds. The van der Waals surface area contributed by atoms with Gasteiger partial charge in [-0.1, -0.05) is 45.8 Å². The number of nitrogens with zero attached hydrogens (tertiary/aromatic N) is 2. The standard InChI is InChI=1S/C12H11Cl2IN2O2/c13-5-1-8-9(2-6(5)14)17(4-16-8)10-3-7(15)11(18)12(10)19/h1-2,4,7,10-12,18-19H,3H2/t7?,10-,11?,12?/m0/s1. The molecule has 0 radical (unpaired) electrons. The van der Waals surface area contributed by atoms with Gasteiger partial charge in [-0.05, 0) is 18.6 Å². The van der Waals surface area contributed by atoms with Crippen LogP contribution in [0.15, 0.2) is 18.5 Å². The first-order chi connectivity index (χ1) is 8.99. The van der Waals surface area contributed by atoms with Crippen molar-refractivity contribution in [3.63, 3.8) is 0 Å². The Morgan fingerprint density at radius 3 is 2.53 bits per heavy atom. The molecule has 0 spiro atoms. The number of benzene rings is 1. The third-order valence-electron chi connectivity index (χ3n) is 3.56. The van der Waals surface area contributed by atoms with Crippen molar-refractivity contribution in [2.75, 3.05) is 0 Å². The molecule has 2 aromatic rings. The van der Waals surface area contributed by atoms with E-state index in [1.54, 1.807) is 18.5 Å². The first-order valence-electron chi connectivity index (χ1n) is 5.81. The van der Waals surface area contributed by atoms with E-state index >= 15 is 0 Å². The van der Waals surface area contributed by atoms with Crippen LogP contribution in [0.3, 0.4) is 0 Å². The lowest BCUT2D eigenvalue weighted by molar-refractivity contribution is 0.0273. The molecular weight excluding hydrogens is 402 g/mol. The Kier molecular flexibility index (Phi) is 3.68. The molecule has 1 aromatic heterocycles. The fourth-order valence-corrected chi connectivity index (χ4v) is 3.78. The maximum Gasteiger partial charge on any atom is 0.102 e. The molecule has 0 aliphatic heterocycles. The molecule has 1 aliphatic rings. The number of hydrogen-bond acceptors (Lipinski definition) is 3. The van der Waals surface area contributed by atoms with Crippen LogP contribution in [0, 0.1) is 0 Å². The SMILES string of the molecule is OC1C(I)C[C@H](n2cnc3cc(Cl)c(Cl)cc32)C1O. The van der Waals surface area contributed by atoms with Crippen LogP contribution in [0.1, 0.15) is 12.5 Å². The summed E-state index contributed by atoms with van der Waals surface area (Å²) in [5.41, 5.74) is 1.55. The van der Waals surface area contributed by atoms with Crippen LogP contribution in [0.25, 0.3) is 11.0 Å². The second-order valence-corrected chi connectivity index (χ2v) is 7.12. The van der Waals surface area contributed by atoms with Gasteiger partial charge in [-0.3, -0.25) is 0 Å². The Hall–Kier alpha value is -0.0800. The summed E-state index contributed by atoms with van der Waals surface area (Å²) in [5.74, 6) is 0. The minimum Gasteiger partial charge on any atom is -0.389 e. The topological polar surface area (TPSA) is 58.3 Å². The molecular formula is C12H11Cl2IN2O2. The summed E-state index contributed by atoms with van der Waals surface area (Å²) in [5, 5.41) is 20.9. The van der Waals surface area contributed by atoms with Gasteiger partial charge in [-0.25, -0.2) is 4.98 Å². The Balaban J connectivity index is 2.09. The minimum atomic E-state index is -0.797. The summed E-state index contributed by atoms with van der Waals surface area (Å²) in [6.07, 6.45) is 0.834. The summed E-state index contributed by atoms with van der Waals surface area (Å²) < 4.78 is 1.89. The summed E-state index contributed by atoms with van der Waals surface area (Å²) >= 11 is 14.1. The van der Waals surface area contributed by atoms with E-state index in [0.29, 0.717) is 16.5 Å². The van der Waals surface area contributed by atoms with E-state index < -0.39 is 12.2 Å². The van der Waals surface area contributed by atoms with Gasteiger partial charge in [0.25, 0.3) is 0 Å². The fraction of sp³-hybridized carbons (Fsp3) is 0.417. The van der Waals surface area contributed by atoms with Crippen LogP contribution >= 0.6 is 45.8 Å². The molecule has 102 valence electrons. The number of aliphatic hydroxyl groups is 2. The van der Waals surface area contributed by atoms with Gasteiger partial charge in [0.15, 0.2) is 0 Å². The molecule has 0 saturated heterocycles. The third-order valence-corrected chi connectivity index (χ3v) is 5.52. The van der Waals surface area contributed by atoms with Gasteiger partial charge in [0.2, 0.25) is 0 Å². The van der Waals surface area contributed by atoms with Crippen LogP contribution in [0.4, 0.5) is 0 Å². The zero-order valence-electron chi connectivity index (χ0n) is 9.67. The predicted molar refractivity (Wildman–Crippen MR) is 83.2 cm³/mol. The van der Waals surface area contributed by atoms with Crippen molar-refractivity contribution in [1.29, 1.82) is 0 Å². The number of fused-ring (bicyclic) bond motifs is 1. The van der Waals surface area contributed by atoms with E-state index in [1.807, 2.05) is 4.57 Å². The van der Waals surface area contributed by atoms with E-state index in [0.717, 1.165) is 11.0 Å². The highest BCUT2D eigenvalue weighted by Gasteiger charge is 2.41. The molecule has 1 fully saturated rings. The maximum atomic E-state index is 10.1. The van der Waals surface area contributed by atoms with Crippen molar-refractivity contribution in [3.8, 4) is 0 Å². The van der Waals surface area contributed by atoms with Gasteiger partial charge >= 0.3 is 0 Å². The average molecular weight is 413 g/mol. The lowest BCUT2D eigenvalue weighted by Crippen LogP contribution is -2.29. The number of rotatable bonds is 1. The second kappa shape index (κ2) is 5.04. The first kappa shape index (κ1) is 13.9. The molecule has 3 unspecified atom stereocenters. The highest BCUT2D eigenvalue weighted by atomic mass is 127. The van der Waals surface area contributed by atoms with Gasteiger partial charge in [0.1, 0.15) is 6.10 Å². The number of imidazole rings is 1. The van der Waals surface area contributed by atoms with Crippen molar-refractivity contribution in [3.05, 3.63) is 28.5 Å². The largest absolute Gasteiger partial charge is 0.389 e. The van der Waals surface area contributed by atoms with Crippen molar-refractivity contribution >= 4 is 56.8 Å². The molecule has 3 rings (SSSR count). The number of aromatic nitrogens is 2. The summed E-state index contributed by atoms with van der Waals surface area (Å²) in [7, 11) is 0. The molecule has 1 heterocycles. The van der Waals surface area contributed by atoms with Gasteiger partial charge in [-0.2, -0.15) is 0 Å². The molecule has 0 bridgehead atoms. The van der Waals surface area contributed by atoms with Crippen molar-refractivity contribution < 1.29 is 10.2 Å². The number of alkyl halides is 1. The van der Waals surface area contributed by atoms with Crippen LogP contribution in [0.5, 0.6) is 0 Å². The number of aliphatic hydroxyl groups excluding tert-OH is 2. The Morgan fingerprint density at radius 1 is 1.21 bits per heavy atom. The van der Waals surface area contributed by atoms with E-state index in [1.165, 1.54) is 0 Å². The van der Waals surface area contributed by atoms with E-state index in [2.05, 4.69) is 27.6 Å². The summed E-state index contributed by atoms with van der Waals surface area (Å²) in [6.45, 7) is 0. The van der Waals surface area contributed by atoms with Gasteiger partial charge in [0.05, 0.1) is 39.6 Å². The Bertz CT molecular complexity index is 633. The van der Waals surface area contributed by atoms with Gasteiger partial charge in [0, 0.05) is 3.92 Å². The number of halogens is 3. The molecule has 7 heteroatoms. The predicted octanol–water partition coefficient (Wildman–Crippen LogP) is 2.81. The Labute approximate surface area is 133 Å². The van der Waals surface area contributed by atoms with E-state index in [4.69, 9.17) is 23.2 Å². The highest BCUT2D eigenvalue weighted by Crippen LogP contribution is 2.38. The fourth-order valence-electron chi connectivity index (χ4n) is 2.52. The third kappa shape index (κ3) is 2.25. The van der Waals surface area contributed by atoms with Crippen LogP contribution in [0.2, 0.25) is 10.0 Å². The van der Waals surface area contributed by atoms with Crippen molar-refractivity contribution in [1.82, 2.24) is 9.55 Å². The highest BCUT2D eigenvalue weighted by molar-refractivity contribution is 14.1. The molecule has 4 nitrogen and oxygen atoms in total. The molecule has 19 heavy (non-hydrogen) atoms. The van der Waals surface area contributed by atoms with Crippen molar-refractivity contribution in [2.24, 2.45) is 0 Å². The summed E-state index contributed by atoms with van der Waals surface area (Å²) in [4.78, 5) is 4.27. The van der Waals surface area contributed by atoms with E-state index in [9.17, 15) is 10.2 Å². The maximum absolute atomic E-state index is 10.1. The normalized spacial score (nSPS) is 31.2. The van der Waals surface area contributed by atoms with Gasteiger partial charge < -0.3 is 14.8 Å². The quantitative estimate of drug-likeness (QED) is 0.559. The summed E-state index contributed by atoms with van der Waals surface area (Å²) in [6, 6.07) is 3.25. The van der Waals surface area contributed by atoms with Crippen LogP contribution in [-0.4, -0.2) is 35.9 Å². The Morgan fingerprint density at radius 2 is 1.89 bits per heavy atom. The van der Waals surface area contributed by atoms with Crippen LogP contribution in [-0.2, 0) is 0 Å². The lowest BCUT2D eigenvalue weighted by Gasteiger charge is -2.18. The van der Waals surface area contributed by atoms with Crippen LogP contribution < -0.4 is 0 Å². The van der Waals surface area contributed by atoms with Crippen molar-refractivity contribution in [2.45, 2.75) is 28.6 Å². The first-order valence-corrected chi connectivity index (χ1v) is 7.81. The molecule has 1 aliphatic carbocycles. The molecule has 1 saturated carbocycles. The number of hydrogen-bond donors (Lipinski definition) is 2. The smallest absolute Gasteiger partial charge is 0.102 e. The monoisotopic (exact) mass is 412 g/mol. The molecule has 2 N–H and O–H groups in total. The van der Waals surface area contributed by atoms with E-state index in [-0.39, 0.29) is 9.97 Å². The zero-order chi connectivity index (χ0) is 13.7. The zero-order valence-corrected chi connectivity index (χ0v) is 13.3. The van der Waals surface area contributed by atoms with Gasteiger partial charge in [-0.15, -0.1) is 0 Å². The average Bonchev–Trinajstić information content (AvgIpc) is 2.87. The molecule has 4 atom stereocenters.